The summed E-state index contributed by atoms with van der Waals surface area (Å²) in [5, 5.41) is 22.9. The summed E-state index contributed by atoms with van der Waals surface area (Å²) in [4.78, 5) is 0. The van der Waals surface area contributed by atoms with Gasteiger partial charge in [0, 0.05) is 0 Å². The molecule has 0 aliphatic rings. The molecule has 0 aromatic heterocycles. The fraction of sp³-hybridized carbons (Fsp3) is 0.625. The summed E-state index contributed by atoms with van der Waals surface area (Å²) in [6.07, 6.45) is 23.1. The van der Waals surface area contributed by atoms with E-state index < -0.39 is 0 Å². The van der Waals surface area contributed by atoms with Crippen molar-refractivity contribution >= 4 is 0 Å². The molecule has 35 heavy (non-hydrogen) atoms. The molecule has 0 amide bonds. The van der Waals surface area contributed by atoms with E-state index in [4.69, 9.17) is 0 Å². The standard InChI is InChI=1S/2C16H26O.Cd/c2*1-2-3-4-5-6-7-8-9-12-15-13-10-11-14-16(15)17;/h2*10-11,13-14,17H,2-9,12H2,1H3;/q;;+2/p-2. The maximum atomic E-state index is 11.5. The fourth-order valence-corrected chi connectivity index (χ4v) is 4.32. The summed E-state index contributed by atoms with van der Waals surface area (Å²) < 4.78 is 0. The first kappa shape index (κ1) is 34.0. The zero-order valence-electron chi connectivity index (χ0n) is 22.9. The number of hydrogen-bond acceptors (Lipinski definition) is 2. The molecule has 2 nitrogen and oxygen atoms in total. The zero-order valence-corrected chi connectivity index (χ0v) is 26.9. The van der Waals surface area contributed by atoms with Gasteiger partial charge >= 0.3 is 27.3 Å². The van der Waals surface area contributed by atoms with Crippen molar-refractivity contribution < 1.29 is 37.5 Å². The topological polar surface area (TPSA) is 46.1 Å². The van der Waals surface area contributed by atoms with Crippen LogP contribution in [0.25, 0.3) is 0 Å². The minimum Gasteiger partial charge on any atom is -0.872 e. The zero-order chi connectivity index (χ0) is 24.7. The molecule has 0 aliphatic carbocycles. The molecule has 0 saturated heterocycles. The van der Waals surface area contributed by atoms with E-state index in [0.29, 0.717) is 0 Å². The van der Waals surface area contributed by atoms with Gasteiger partial charge in [-0.3, -0.25) is 0 Å². The summed E-state index contributed by atoms with van der Waals surface area (Å²) in [5.41, 5.74) is 1.97. The van der Waals surface area contributed by atoms with Gasteiger partial charge in [0.05, 0.1) is 0 Å². The number of hydrogen-bond donors (Lipinski definition) is 0. The maximum Gasteiger partial charge on any atom is 2.00 e. The van der Waals surface area contributed by atoms with Crippen molar-refractivity contribution in [2.75, 3.05) is 0 Å². The Kier molecular flexibility index (Phi) is 23.9. The van der Waals surface area contributed by atoms with Crippen molar-refractivity contribution in [2.24, 2.45) is 0 Å². The van der Waals surface area contributed by atoms with Crippen molar-refractivity contribution in [3.8, 4) is 11.5 Å². The number of aryl methyl sites for hydroxylation is 2. The van der Waals surface area contributed by atoms with Gasteiger partial charge in [0.25, 0.3) is 0 Å². The molecule has 0 saturated carbocycles. The van der Waals surface area contributed by atoms with Crippen LogP contribution in [0.15, 0.2) is 48.5 Å². The third kappa shape index (κ3) is 18.8. The van der Waals surface area contributed by atoms with Crippen LogP contribution in [0.4, 0.5) is 0 Å². The first-order valence-electron chi connectivity index (χ1n) is 14.2. The Balaban J connectivity index is 0.000000642. The van der Waals surface area contributed by atoms with E-state index in [-0.39, 0.29) is 38.8 Å². The molecule has 0 spiro atoms. The Morgan fingerprint density at radius 1 is 0.429 bits per heavy atom. The van der Waals surface area contributed by atoms with E-state index in [1.54, 1.807) is 12.1 Å². The van der Waals surface area contributed by atoms with Gasteiger partial charge in [-0.25, -0.2) is 0 Å². The van der Waals surface area contributed by atoms with Gasteiger partial charge < -0.3 is 10.2 Å². The minimum atomic E-state index is 0. The third-order valence-corrected chi connectivity index (χ3v) is 6.54. The van der Waals surface area contributed by atoms with E-state index in [2.05, 4.69) is 13.8 Å². The second-order valence-corrected chi connectivity index (χ2v) is 9.67. The van der Waals surface area contributed by atoms with Crippen LogP contribution in [0.3, 0.4) is 0 Å². The normalized spacial score (nSPS) is 10.3. The first-order chi connectivity index (χ1) is 16.7. The summed E-state index contributed by atoms with van der Waals surface area (Å²) in [5.74, 6) is 0.408. The van der Waals surface area contributed by atoms with E-state index in [1.807, 2.05) is 36.4 Å². The largest absolute Gasteiger partial charge is 2.00 e. The maximum absolute atomic E-state index is 11.5. The van der Waals surface area contributed by atoms with Gasteiger partial charge in [-0.2, -0.15) is 0 Å². The van der Waals surface area contributed by atoms with E-state index in [9.17, 15) is 10.2 Å². The minimum absolute atomic E-state index is 0. The van der Waals surface area contributed by atoms with Gasteiger partial charge in [-0.15, -0.1) is 11.5 Å². The average Bonchev–Trinajstić information content (AvgIpc) is 2.85. The van der Waals surface area contributed by atoms with Crippen LogP contribution in [0, 0.1) is 0 Å². The molecule has 0 N–H and O–H groups in total. The van der Waals surface area contributed by atoms with Crippen LogP contribution in [0.1, 0.15) is 128 Å². The monoisotopic (exact) mass is 580 g/mol. The molecule has 2 rings (SSSR count). The molecular weight excluding hydrogens is 529 g/mol. The van der Waals surface area contributed by atoms with Gasteiger partial charge in [-0.1, -0.05) is 163 Å². The van der Waals surface area contributed by atoms with Crippen molar-refractivity contribution in [1.29, 1.82) is 0 Å². The SMILES string of the molecule is CCCCCCCCCCc1ccccc1[O-].CCCCCCCCCCc1ccccc1[O-].[Cd+2]. The molecule has 0 fully saturated rings. The number of para-hydroxylation sites is 2. The summed E-state index contributed by atoms with van der Waals surface area (Å²) in [6, 6.07) is 14.8. The van der Waals surface area contributed by atoms with Crippen LogP contribution >= 0.6 is 0 Å². The summed E-state index contributed by atoms with van der Waals surface area (Å²) in [7, 11) is 0. The number of benzene rings is 2. The van der Waals surface area contributed by atoms with E-state index >= 15 is 0 Å². The fourth-order valence-electron chi connectivity index (χ4n) is 4.32. The van der Waals surface area contributed by atoms with Crippen molar-refractivity contribution in [1.82, 2.24) is 0 Å². The third-order valence-electron chi connectivity index (χ3n) is 6.54. The van der Waals surface area contributed by atoms with Crippen molar-refractivity contribution in [2.45, 2.75) is 129 Å². The average molecular weight is 579 g/mol. The number of rotatable bonds is 18. The smallest absolute Gasteiger partial charge is 0.872 e. The van der Waals surface area contributed by atoms with Crippen molar-refractivity contribution in [3.05, 3.63) is 59.7 Å². The molecule has 0 aliphatic heterocycles. The molecule has 0 unspecified atom stereocenters. The molecule has 2 aromatic rings. The quantitative estimate of drug-likeness (QED) is 0.131. The second kappa shape index (κ2) is 24.6. The molecule has 0 radical (unpaired) electrons. The molecule has 3 heteroatoms. The van der Waals surface area contributed by atoms with Crippen LogP contribution in [-0.4, -0.2) is 0 Å². The van der Waals surface area contributed by atoms with Crippen LogP contribution in [0.5, 0.6) is 11.5 Å². The van der Waals surface area contributed by atoms with Crippen LogP contribution < -0.4 is 10.2 Å². The summed E-state index contributed by atoms with van der Waals surface area (Å²) in [6.45, 7) is 4.50. The summed E-state index contributed by atoms with van der Waals surface area (Å²) >= 11 is 0. The molecule has 0 bridgehead atoms. The van der Waals surface area contributed by atoms with Crippen LogP contribution in [-0.2, 0) is 40.1 Å². The van der Waals surface area contributed by atoms with Gasteiger partial charge in [0.2, 0.25) is 0 Å². The Labute approximate surface area is 237 Å². The molecule has 2 aromatic carbocycles. The predicted octanol–water partition coefficient (Wildman–Crippen LogP) is 8.88. The predicted molar refractivity (Wildman–Crippen MR) is 144 cm³/mol. The van der Waals surface area contributed by atoms with E-state index in [0.717, 1.165) is 36.8 Å². The molecule has 0 atom stereocenters. The number of unbranched alkanes of at least 4 members (excludes halogenated alkanes) is 14. The van der Waals surface area contributed by atoms with E-state index in [1.165, 1.54) is 89.9 Å². The van der Waals surface area contributed by atoms with Gasteiger partial charge in [0.15, 0.2) is 0 Å². The second-order valence-electron chi connectivity index (χ2n) is 9.67. The Morgan fingerprint density at radius 2 is 0.714 bits per heavy atom. The van der Waals surface area contributed by atoms with Crippen molar-refractivity contribution in [3.63, 3.8) is 0 Å². The Morgan fingerprint density at radius 3 is 1.03 bits per heavy atom. The van der Waals surface area contributed by atoms with Gasteiger partial charge in [0.1, 0.15) is 0 Å². The Hall–Kier alpha value is -1.04. The molecular formula is C32H50CdO2. The first-order valence-corrected chi connectivity index (χ1v) is 14.2. The van der Waals surface area contributed by atoms with Crippen LogP contribution in [0.2, 0.25) is 0 Å². The Bertz CT molecular complexity index is 655. The molecule has 192 valence electrons. The molecule has 0 heterocycles. The van der Waals surface area contributed by atoms with Gasteiger partial charge in [-0.05, 0) is 25.7 Å².